The third-order valence-corrected chi connectivity index (χ3v) is 26.3. The highest BCUT2D eigenvalue weighted by molar-refractivity contribution is 5.15. The highest BCUT2D eigenvalue weighted by atomic mass is 16.8. The van der Waals surface area contributed by atoms with Gasteiger partial charge in [0.15, 0.2) is 43.0 Å². The Labute approximate surface area is 782 Å². The van der Waals surface area contributed by atoms with Crippen molar-refractivity contribution in [1.29, 1.82) is 0 Å². The smallest absolute Gasteiger partial charge is 0.186 e. The molecule has 65 heteroatoms. The molecule has 1 aromatic carbocycles. The van der Waals surface area contributed by atoms with E-state index in [-0.39, 0.29) is 84.2 Å². The zero-order chi connectivity index (χ0) is 99.3. The van der Waals surface area contributed by atoms with E-state index in [2.05, 4.69) is 120 Å². The van der Waals surface area contributed by atoms with Crippen LogP contribution in [0.3, 0.4) is 0 Å². The average molecular weight is 1950 g/mol. The van der Waals surface area contributed by atoms with Gasteiger partial charge in [0.1, 0.15) is 54.9 Å². The standard InChI is InChI=1S/C25H32N12O5.C18H26N12O5.C18H37N5O9.C12H18N12O5/c26-34-30-13-20-19(38-14-15-7-3-1-4-8-15)12-18(33-37-29)24(39-20)40-21-16(31-35-27)11-17(32-36-28)22-23(21)42-25(41-22)9-5-2-6-10-25;19-27-23-8-13-12(31)7-11(26-30-22)17(32-13)33-14-9(24-28-20)6-10(25-29-21)15-16(14)35-18(34-15)4-2-1-3-5-18;19-3-9-8(25)2-7(22)17(29-9)31-15-5(20)1-6(21)16(14(15)28)32-18-13(27)11(23)12(26)10(4-24)30-18;13-21-17-3-8-7(25)2-6(20-24-16)12(28-8)29-11-5(19-23-15)1-4(18-22-14)9(26)10(11)27/h1,3-4,7-8,16-24H,2,5-6,9-14H2;9-17,31H,1-8H2;5-18,24-28H,1-4,19-23H2;4-12,25-27H,1-3H2/t16-,17+,18+,19-,20+,21+,22-,23-,24+;9-,10+,11+,12-,13+,14+,15-,16-,17+;5-,6+,7+,8-,9+,10+,11-,12+,13+,14-,15+,16-,17+,18+;4-,5+,6-,7+,8-,9+,10-,11-,12-/m0001/s1. The van der Waals surface area contributed by atoms with Crippen LogP contribution < -0.4 is 28.7 Å². The van der Waals surface area contributed by atoms with E-state index in [0.29, 0.717) is 25.7 Å². The van der Waals surface area contributed by atoms with Crippen LogP contribution in [0.25, 0.3) is 125 Å². The molecule has 7 saturated heterocycles. The number of rotatable bonds is 30. The predicted molar refractivity (Wildman–Crippen MR) is 465 cm³/mol. The second-order valence-corrected chi connectivity index (χ2v) is 35.0. The fraction of sp³-hybridized carbons (Fsp3) is 0.918. The van der Waals surface area contributed by atoms with Crippen molar-refractivity contribution in [3.63, 3.8) is 0 Å². The molecular formula is C73H113N41O24. The first-order chi connectivity index (χ1) is 66.7. The number of nitrogens with zero attached hydrogens (tertiary/aromatic N) is 36. The first kappa shape index (κ1) is 108. The van der Waals surface area contributed by atoms with Gasteiger partial charge >= 0.3 is 0 Å². The minimum atomic E-state index is -1.62. The van der Waals surface area contributed by atoms with Gasteiger partial charge in [-0.05, 0) is 149 Å². The SMILES string of the molecule is NC[C@H]1O[C@H](O[C@H]2[C@H](O)[C@@H](O[C@H]3O[C@H](CO)[C@@H](O)[C@H](N)[C@H]3O)[C@H](N)C[C@@H]2N)[C@H](N)C[C@@H]1O.[N-]=[N+]=NC[C@H]1O[C@H](O[C@H]2[C@@H]3OC4(CCCCC4)O[C@H]3[C@H](N=[N+]=[N-])C[C@@H]2N=[N+]=[N-])[C@H](N=[N+]=[N-])C[C@@H]1O.[N-]=[N+]=NC[C@H]1O[C@H](O[C@H]2[C@@H]3OC4(CCCCC4)O[C@H]3[C@H](N=[N+]=[N-])C[C@@H]2N=[N+]=[N-])[C@H](N=[N+]=[N-])C[C@@H]1OCc1ccccc1.[N-]=[N+]=NC[C@H]1O[C@H](O[C@H]2[C@H](O)[C@@H](O)[C@H](N=[N+]=[N-])C[C@@H]2N=[N+]=[N-])[C@H](N=[N+]=[N-])C[C@@H]1O. The van der Waals surface area contributed by atoms with Crippen LogP contribution in [0.4, 0.5) is 0 Å². The Morgan fingerprint density at radius 3 is 1.15 bits per heavy atom. The highest BCUT2D eigenvalue weighted by Gasteiger charge is 2.62. The van der Waals surface area contributed by atoms with Gasteiger partial charge in [-0.3, -0.25) is 0 Å². The lowest BCUT2D eigenvalue weighted by atomic mass is 9.84. The van der Waals surface area contributed by atoms with E-state index in [1.165, 1.54) is 0 Å². The van der Waals surface area contributed by atoms with E-state index in [1.54, 1.807) is 0 Å². The molecule has 0 radical (unpaired) electrons. The number of hydrogen-bond donors (Lipinski definition) is 14. The van der Waals surface area contributed by atoms with Gasteiger partial charge in [-0.15, -0.1) is 0 Å². The molecule has 6 saturated carbocycles. The third-order valence-electron chi connectivity index (χ3n) is 26.3. The van der Waals surface area contributed by atoms with E-state index < -0.39 is 269 Å². The molecule has 7 aliphatic heterocycles. The number of ether oxygens (including phenoxy) is 15. The molecule has 138 heavy (non-hydrogen) atoms. The summed E-state index contributed by atoms with van der Waals surface area (Å²) >= 11 is 0. The summed E-state index contributed by atoms with van der Waals surface area (Å²) in [4.78, 5) is 33.8. The Bertz CT molecular complexity index is 4750. The second-order valence-electron chi connectivity index (χ2n) is 35.0. The Morgan fingerprint density at radius 1 is 0.333 bits per heavy atom. The van der Waals surface area contributed by atoms with Gasteiger partial charge in [0.25, 0.3) is 0 Å². The molecule has 7 heterocycles. The summed E-state index contributed by atoms with van der Waals surface area (Å²) in [6, 6.07) is -1.39. The van der Waals surface area contributed by atoms with Crippen LogP contribution in [0.2, 0.25) is 0 Å². The average Bonchev–Trinajstić information content (AvgIpc) is 1.59. The zero-order valence-electron chi connectivity index (χ0n) is 74.2. The molecule has 65 nitrogen and oxygen atoms in total. The van der Waals surface area contributed by atoms with Crippen molar-refractivity contribution in [3.8, 4) is 0 Å². The number of azide groups is 12. The molecule has 0 amide bonds. The summed E-state index contributed by atoms with van der Waals surface area (Å²) in [5.41, 5.74) is 138. The number of fused-ring (bicyclic) bond motifs is 2. The summed E-state index contributed by atoms with van der Waals surface area (Å²) in [6.07, 6.45) is -19.6. The molecule has 0 aromatic heterocycles. The van der Waals surface area contributed by atoms with Gasteiger partial charge in [0.2, 0.25) is 0 Å². The Hall–Kier alpha value is -10.2. The summed E-state index contributed by atoms with van der Waals surface area (Å²) in [5.74, 6) is -1.69. The van der Waals surface area contributed by atoms with Crippen LogP contribution in [0.1, 0.15) is 121 Å². The van der Waals surface area contributed by atoms with Crippen LogP contribution in [-0.2, 0) is 77.7 Å². The van der Waals surface area contributed by atoms with Crippen molar-refractivity contribution in [2.75, 3.05) is 32.8 Å². The van der Waals surface area contributed by atoms with Crippen molar-refractivity contribution in [2.24, 2.45) is 90.0 Å². The van der Waals surface area contributed by atoms with Crippen molar-refractivity contribution < 1.29 is 117 Å². The first-order valence-electron chi connectivity index (χ1n) is 44.8. The van der Waals surface area contributed by atoms with Gasteiger partial charge in [-0.2, -0.15) is 0 Å². The number of nitrogens with two attached hydrogens (primary N) is 5. The number of aliphatic hydroxyl groups excluding tert-OH is 9. The molecular weight excluding hydrogens is 1840 g/mol. The molecule has 14 rings (SSSR count). The minimum absolute atomic E-state index is 0.00991. The van der Waals surface area contributed by atoms with Crippen LogP contribution in [0.15, 0.2) is 91.7 Å². The molecule has 13 fully saturated rings. The number of benzene rings is 1. The summed E-state index contributed by atoms with van der Waals surface area (Å²) in [5, 5.41) is 136. The van der Waals surface area contributed by atoms with Crippen molar-refractivity contribution in [3.05, 3.63) is 161 Å². The maximum Gasteiger partial charge on any atom is 0.186 e. The molecule has 754 valence electrons. The van der Waals surface area contributed by atoms with Gasteiger partial charge in [0, 0.05) is 103 Å². The number of aliphatic hydroxyl groups is 9. The van der Waals surface area contributed by atoms with Crippen LogP contribution in [0, 0.1) is 0 Å². The van der Waals surface area contributed by atoms with Gasteiger partial charge in [-0.1, -0.05) is 105 Å². The minimum Gasteiger partial charge on any atom is -0.394 e. The summed E-state index contributed by atoms with van der Waals surface area (Å²) in [6.45, 7) is -0.651. The largest absolute Gasteiger partial charge is 0.394 e. The highest BCUT2D eigenvalue weighted by Crippen LogP contribution is 2.50. The summed E-state index contributed by atoms with van der Waals surface area (Å²) in [7, 11) is 0. The molecule has 6 aliphatic carbocycles. The second kappa shape index (κ2) is 52.3. The Morgan fingerprint density at radius 2 is 0.703 bits per heavy atom. The fourth-order valence-corrected chi connectivity index (χ4v) is 19.4. The van der Waals surface area contributed by atoms with Crippen molar-refractivity contribution in [2.45, 2.75) is 384 Å². The maximum atomic E-state index is 11.0. The summed E-state index contributed by atoms with van der Waals surface area (Å²) < 4.78 is 90.7. The van der Waals surface area contributed by atoms with Crippen molar-refractivity contribution >= 4 is 0 Å². The van der Waals surface area contributed by atoms with E-state index in [1.807, 2.05) is 30.3 Å². The maximum absolute atomic E-state index is 11.0. The zero-order valence-corrected chi connectivity index (χ0v) is 74.2. The van der Waals surface area contributed by atoms with Gasteiger partial charge in [-0.25, -0.2) is 0 Å². The molecule has 2 spiro atoms. The molecule has 1 aromatic rings. The van der Waals surface area contributed by atoms with Gasteiger partial charge in [0.05, 0.1) is 185 Å². The molecule has 0 unspecified atom stereocenters. The molecule has 13 aliphatic rings. The third kappa shape index (κ3) is 26.9. The first-order valence-corrected chi connectivity index (χ1v) is 44.8. The topological polar surface area (TPSA) is 1040 Å². The molecule has 41 atom stereocenters. The molecule has 19 N–H and O–H groups in total. The van der Waals surface area contributed by atoms with Crippen LogP contribution in [0.5, 0.6) is 0 Å². The lowest BCUT2D eigenvalue weighted by Crippen LogP contribution is -2.68. The Balaban J connectivity index is 0.000000178. The molecule has 0 bridgehead atoms. The quantitative estimate of drug-likeness (QED) is 0.0263. The lowest BCUT2D eigenvalue weighted by molar-refractivity contribution is -0.314. The van der Waals surface area contributed by atoms with E-state index >= 15 is 0 Å². The van der Waals surface area contributed by atoms with E-state index in [0.717, 1.165) is 44.1 Å². The normalized spacial score (nSPS) is 41.2. The van der Waals surface area contributed by atoms with Crippen molar-refractivity contribution in [1.82, 2.24) is 0 Å². The Kier molecular flexibility index (Phi) is 41.0. The van der Waals surface area contributed by atoms with Crippen LogP contribution in [-0.4, -0.2) is 341 Å². The van der Waals surface area contributed by atoms with Gasteiger partial charge < -0.3 is 146 Å². The monoisotopic (exact) mass is 1950 g/mol. The fourth-order valence-electron chi connectivity index (χ4n) is 19.4. The van der Waals surface area contributed by atoms with E-state index in [4.69, 9.17) is 144 Å². The van der Waals surface area contributed by atoms with Crippen LogP contribution >= 0.6 is 0 Å². The number of hydrogen-bond acceptors (Lipinski definition) is 41. The predicted octanol–water partition coefficient (Wildman–Crippen LogP) is 5.33. The lowest BCUT2D eigenvalue weighted by Gasteiger charge is -2.47. The van der Waals surface area contributed by atoms with E-state index in [9.17, 15) is 68.1 Å².